The van der Waals surface area contributed by atoms with Gasteiger partial charge in [-0.25, -0.2) is 0 Å². The molecule has 0 bridgehead atoms. The van der Waals surface area contributed by atoms with E-state index in [0.717, 1.165) is 6.42 Å². The Kier molecular flexibility index (Phi) is 2.99. The highest BCUT2D eigenvalue weighted by Crippen LogP contribution is 2.37. The zero-order valence-electron chi connectivity index (χ0n) is 8.43. The highest BCUT2D eigenvalue weighted by Gasteiger charge is 2.24. The lowest BCUT2D eigenvalue weighted by molar-refractivity contribution is -0.117. The van der Waals surface area contributed by atoms with Gasteiger partial charge >= 0.3 is 0 Å². The van der Waals surface area contributed by atoms with Gasteiger partial charge in [0.25, 0.3) is 0 Å². The number of halogens is 1. The van der Waals surface area contributed by atoms with E-state index < -0.39 is 0 Å². The van der Waals surface area contributed by atoms with E-state index in [1.807, 2.05) is 0 Å². The van der Waals surface area contributed by atoms with Gasteiger partial charge in [-0.15, -0.1) is 0 Å². The molecule has 1 heterocycles. The first-order valence-electron chi connectivity index (χ1n) is 4.88. The molecule has 82 valence electrons. The third-order valence-electron chi connectivity index (χ3n) is 2.47. The van der Waals surface area contributed by atoms with Crippen LogP contribution < -0.4 is 4.90 Å². The summed E-state index contributed by atoms with van der Waals surface area (Å²) in [5.74, 6) is 0.0386. The van der Waals surface area contributed by atoms with Crippen molar-refractivity contribution in [3.63, 3.8) is 0 Å². The van der Waals surface area contributed by atoms with Crippen molar-refractivity contribution in [3.8, 4) is 0 Å². The monoisotopic (exact) mass is 236 g/mol. The van der Waals surface area contributed by atoms with Crippen LogP contribution in [-0.4, -0.2) is 12.5 Å². The van der Waals surface area contributed by atoms with Crippen LogP contribution in [0, 0.1) is 0 Å². The topological polar surface area (TPSA) is 69.1 Å². The zero-order valence-corrected chi connectivity index (χ0v) is 9.18. The van der Waals surface area contributed by atoms with E-state index >= 15 is 0 Å². The van der Waals surface area contributed by atoms with Gasteiger partial charge in [0.2, 0.25) is 5.91 Å². The average Bonchev–Trinajstić information content (AvgIpc) is 2.68. The molecule has 0 spiro atoms. The molecule has 0 saturated carbocycles. The Balaban J connectivity index is 2.51. The summed E-state index contributed by atoms with van der Waals surface area (Å²) in [6.07, 6.45) is 1.35. The van der Waals surface area contributed by atoms with Gasteiger partial charge in [0.15, 0.2) is 0 Å². The van der Waals surface area contributed by atoms with Crippen molar-refractivity contribution in [1.29, 1.82) is 0 Å². The molecule has 0 aromatic heterocycles. The van der Waals surface area contributed by atoms with Crippen molar-refractivity contribution in [2.45, 2.75) is 12.8 Å². The molecule has 6 heteroatoms. The number of amides is 1. The highest BCUT2D eigenvalue weighted by molar-refractivity contribution is 6.33. The van der Waals surface area contributed by atoms with Gasteiger partial charge in [-0.3, -0.25) is 4.79 Å². The van der Waals surface area contributed by atoms with Gasteiger partial charge in [0.1, 0.15) is 0 Å². The SMILES string of the molecule is [N-]=[N+]=Nc1c(Cl)cccc1N1CCCC1=O. The number of azide groups is 1. The molecule has 1 aromatic carbocycles. The second kappa shape index (κ2) is 4.43. The van der Waals surface area contributed by atoms with E-state index in [0.29, 0.717) is 29.4 Å². The molecule has 1 aliphatic heterocycles. The number of rotatable bonds is 2. The highest BCUT2D eigenvalue weighted by atomic mass is 35.5. The fourth-order valence-electron chi connectivity index (χ4n) is 1.77. The third kappa shape index (κ3) is 1.83. The number of anilines is 1. The number of hydrogen-bond acceptors (Lipinski definition) is 2. The average molecular weight is 237 g/mol. The van der Waals surface area contributed by atoms with Crippen molar-refractivity contribution in [2.75, 3.05) is 11.4 Å². The fourth-order valence-corrected chi connectivity index (χ4v) is 1.98. The molecular formula is C10H9ClN4O. The van der Waals surface area contributed by atoms with E-state index in [2.05, 4.69) is 10.0 Å². The largest absolute Gasteiger partial charge is 0.312 e. The van der Waals surface area contributed by atoms with Crippen LogP contribution in [0.3, 0.4) is 0 Å². The first kappa shape index (κ1) is 10.8. The molecule has 1 amide bonds. The van der Waals surface area contributed by atoms with E-state index in [1.165, 1.54) is 0 Å². The standard InChI is InChI=1S/C10H9ClN4O/c11-7-3-1-4-8(10(7)13-14-12)15-6-2-5-9(15)16/h1,3-4H,2,5-6H2. The summed E-state index contributed by atoms with van der Waals surface area (Å²) in [7, 11) is 0. The summed E-state index contributed by atoms with van der Waals surface area (Å²) in [6, 6.07) is 5.11. The molecule has 1 saturated heterocycles. The summed E-state index contributed by atoms with van der Waals surface area (Å²) in [5.41, 5.74) is 9.39. The smallest absolute Gasteiger partial charge is 0.227 e. The molecule has 0 unspecified atom stereocenters. The third-order valence-corrected chi connectivity index (χ3v) is 2.78. The van der Waals surface area contributed by atoms with Gasteiger partial charge in [-0.1, -0.05) is 22.8 Å². The predicted octanol–water partition coefficient (Wildman–Crippen LogP) is 3.41. The molecule has 0 aliphatic carbocycles. The summed E-state index contributed by atoms with van der Waals surface area (Å²) in [6.45, 7) is 0.646. The van der Waals surface area contributed by atoms with Crippen LogP contribution in [0.25, 0.3) is 10.4 Å². The molecule has 0 radical (unpaired) electrons. The van der Waals surface area contributed by atoms with Gasteiger partial charge < -0.3 is 4.90 Å². The fraction of sp³-hybridized carbons (Fsp3) is 0.300. The van der Waals surface area contributed by atoms with Gasteiger partial charge in [-0.2, -0.15) is 0 Å². The van der Waals surface area contributed by atoms with Crippen molar-refractivity contribution in [1.82, 2.24) is 0 Å². The minimum Gasteiger partial charge on any atom is -0.312 e. The van der Waals surface area contributed by atoms with Crippen LogP contribution in [0.2, 0.25) is 5.02 Å². The molecular weight excluding hydrogens is 228 g/mol. The van der Waals surface area contributed by atoms with E-state index in [9.17, 15) is 4.79 Å². The van der Waals surface area contributed by atoms with Gasteiger partial charge in [0, 0.05) is 17.9 Å². The molecule has 0 atom stereocenters. The Bertz CT molecular complexity index is 482. The lowest BCUT2D eigenvalue weighted by Gasteiger charge is -2.18. The number of nitrogens with zero attached hydrogens (tertiary/aromatic N) is 4. The normalized spacial score (nSPS) is 15.1. The minimum atomic E-state index is 0.0386. The van der Waals surface area contributed by atoms with Gasteiger partial charge in [-0.05, 0) is 24.1 Å². The zero-order chi connectivity index (χ0) is 11.5. The molecule has 1 aliphatic rings. The Morgan fingerprint density at radius 3 is 2.94 bits per heavy atom. The Hall–Kier alpha value is -1.71. The molecule has 16 heavy (non-hydrogen) atoms. The lowest BCUT2D eigenvalue weighted by Crippen LogP contribution is -2.23. The second-order valence-corrected chi connectivity index (χ2v) is 3.85. The van der Waals surface area contributed by atoms with Crippen LogP contribution >= 0.6 is 11.6 Å². The van der Waals surface area contributed by atoms with Crippen molar-refractivity contribution < 1.29 is 4.79 Å². The maximum Gasteiger partial charge on any atom is 0.227 e. The molecule has 2 rings (SSSR count). The van der Waals surface area contributed by atoms with Crippen molar-refractivity contribution >= 4 is 28.9 Å². The first-order valence-corrected chi connectivity index (χ1v) is 5.26. The minimum absolute atomic E-state index is 0.0386. The van der Waals surface area contributed by atoms with Crippen LogP contribution in [0.4, 0.5) is 11.4 Å². The number of benzene rings is 1. The maximum absolute atomic E-state index is 11.6. The first-order chi connectivity index (χ1) is 7.74. The van der Waals surface area contributed by atoms with Crippen LogP contribution in [-0.2, 0) is 4.79 Å². The number of hydrogen-bond donors (Lipinski definition) is 0. The molecule has 0 N–H and O–H groups in total. The second-order valence-electron chi connectivity index (χ2n) is 3.45. The van der Waals surface area contributed by atoms with Crippen LogP contribution in [0.5, 0.6) is 0 Å². The Labute approximate surface area is 97.2 Å². The summed E-state index contributed by atoms with van der Waals surface area (Å²) in [5, 5.41) is 3.90. The van der Waals surface area contributed by atoms with Gasteiger partial charge in [0.05, 0.1) is 16.4 Å². The maximum atomic E-state index is 11.6. The Morgan fingerprint density at radius 1 is 1.50 bits per heavy atom. The predicted molar refractivity (Wildman–Crippen MR) is 61.8 cm³/mol. The molecule has 5 nitrogen and oxygen atoms in total. The van der Waals surface area contributed by atoms with Crippen LogP contribution in [0.15, 0.2) is 23.3 Å². The number of carbonyl (C=O) groups is 1. The van der Waals surface area contributed by atoms with E-state index in [1.54, 1.807) is 23.1 Å². The molecule has 1 fully saturated rings. The van der Waals surface area contributed by atoms with E-state index in [-0.39, 0.29) is 5.91 Å². The Morgan fingerprint density at radius 2 is 2.31 bits per heavy atom. The number of carbonyl (C=O) groups excluding carboxylic acids is 1. The quantitative estimate of drug-likeness (QED) is 0.441. The van der Waals surface area contributed by atoms with Crippen molar-refractivity contribution in [2.24, 2.45) is 5.11 Å². The molecule has 1 aromatic rings. The van der Waals surface area contributed by atoms with Crippen LogP contribution in [0.1, 0.15) is 12.8 Å². The summed E-state index contributed by atoms with van der Waals surface area (Å²) < 4.78 is 0. The lowest BCUT2D eigenvalue weighted by atomic mass is 10.2. The van der Waals surface area contributed by atoms with E-state index in [4.69, 9.17) is 17.1 Å². The summed E-state index contributed by atoms with van der Waals surface area (Å²) in [4.78, 5) is 15.9. The summed E-state index contributed by atoms with van der Waals surface area (Å²) >= 11 is 5.93. The van der Waals surface area contributed by atoms with Crippen molar-refractivity contribution in [3.05, 3.63) is 33.7 Å².